The zero-order valence-electron chi connectivity index (χ0n) is 17.1. The molecule has 2 amide bonds. The molecule has 1 aromatic rings. The number of hydrogen-bond donors (Lipinski definition) is 0. The van der Waals surface area contributed by atoms with Gasteiger partial charge in [0.25, 0.3) is 5.91 Å². The SMILES string of the molecule is CCN(CC)C(=O)C(C1CCCC1)N1CCN(C(=O)c2cccc(F)c2)CC1. The Morgan fingerprint density at radius 1 is 1.11 bits per heavy atom. The Kier molecular flexibility index (Phi) is 7.05. The summed E-state index contributed by atoms with van der Waals surface area (Å²) in [6.45, 7) is 8.05. The minimum absolute atomic E-state index is 0.0752. The Morgan fingerprint density at radius 2 is 1.75 bits per heavy atom. The lowest BCUT2D eigenvalue weighted by Crippen LogP contribution is -2.58. The van der Waals surface area contributed by atoms with Crippen molar-refractivity contribution < 1.29 is 14.0 Å². The maximum Gasteiger partial charge on any atom is 0.254 e. The number of likely N-dealkylation sites (N-methyl/N-ethyl adjacent to an activating group) is 1. The average Bonchev–Trinajstić information content (AvgIpc) is 3.23. The number of amides is 2. The van der Waals surface area contributed by atoms with E-state index in [0.29, 0.717) is 37.7 Å². The Labute approximate surface area is 167 Å². The van der Waals surface area contributed by atoms with Crippen LogP contribution in [0.15, 0.2) is 24.3 Å². The number of carbonyl (C=O) groups excluding carboxylic acids is 2. The third-order valence-corrected chi connectivity index (χ3v) is 6.24. The summed E-state index contributed by atoms with van der Waals surface area (Å²) in [7, 11) is 0. The first-order chi connectivity index (χ1) is 13.5. The summed E-state index contributed by atoms with van der Waals surface area (Å²) in [5.41, 5.74) is 0.389. The molecule has 0 aromatic heterocycles. The molecule has 1 aliphatic carbocycles. The van der Waals surface area contributed by atoms with Crippen LogP contribution in [0.1, 0.15) is 49.9 Å². The molecule has 1 atom stereocenters. The number of nitrogens with zero attached hydrogens (tertiary/aromatic N) is 3. The van der Waals surface area contributed by atoms with Crippen LogP contribution in [0, 0.1) is 11.7 Å². The second kappa shape index (κ2) is 9.50. The first kappa shape index (κ1) is 20.8. The van der Waals surface area contributed by atoms with Crippen LogP contribution in [-0.2, 0) is 4.79 Å². The van der Waals surface area contributed by atoms with Gasteiger partial charge in [0.1, 0.15) is 5.82 Å². The van der Waals surface area contributed by atoms with Crippen molar-refractivity contribution in [1.82, 2.24) is 14.7 Å². The fourth-order valence-corrected chi connectivity index (χ4v) is 4.66. The van der Waals surface area contributed by atoms with Gasteiger partial charge in [-0.05, 0) is 50.8 Å². The Balaban J connectivity index is 1.67. The van der Waals surface area contributed by atoms with Gasteiger partial charge in [-0.25, -0.2) is 4.39 Å². The summed E-state index contributed by atoms with van der Waals surface area (Å²) in [5, 5.41) is 0. The molecular weight excluding hydrogens is 357 g/mol. The normalized spacial score (nSPS) is 19.6. The summed E-state index contributed by atoms with van der Waals surface area (Å²) in [6.07, 6.45) is 4.62. The number of rotatable bonds is 6. The molecular formula is C22H32FN3O2. The van der Waals surface area contributed by atoms with E-state index in [1.54, 1.807) is 17.0 Å². The Bertz CT molecular complexity index is 678. The molecule has 6 heteroatoms. The quantitative estimate of drug-likeness (QED) is 0.751. The number of carbonyl (C=O) groups is 2. The lowest BCUT2D eigenvalue weighted by Gasteiger charge is -2.42. The minimum atomic E-state index is -0.393. The summed E-state index contributed by atoms with van der Waals surface area (Å²) < 4.78 is 13.4. The van der Waals surface area contributed by atoms with Crippen LogP contribution in [0.3, 0.4) is 0 Å². The molecule has 1 aromatic carbocycles. The van der Waals surface area contributed by atoms with E-state index in [-0.39, 0.29) is 17.9 Å². The molecule has 0 bridgehead atoms. The van der Waals surface area contributed by atoms with Gasteiger partial charge in [-0.1, -0.05) is 18.9 Å². The van der Waals surface area contributed by atoms with Crippen LogP contribution in [0.4, 0.5) is 4.39 Å². The number of benzene rings is 1. The van der Waals surface area contributed by atoms with Crippen LogP contribution in [0.2, 0.25) is 0 Å². The second-order valence-electron chi connectivity index (χ2n) is 7.84. The molecule has 1 saturated heterocycles. The molecule has 0 spiro atoms. The number of halogens is 1. The lowest BCUT2D eigenvalue weighted by molar-refractivity contribution is -0.139. The van der Waals surface area contributed by atoms with E-state index in [0.717, 1.165) is 25.9 Å². The van der Waals surface area contributed by atoms with Gasteiger partial charge in [-0.15, -0.1) is 0 Å². The maximum atomic E-state index is 13.4. The van der Waals surface area contributed by atoms with E-state index in [9.17, 15) is 14.0 Å². The van der Waals surface area contributed by atoms with Crippen molar-refractivity contribution in [2.24, 2.45) is 5.92 Å². The Hall–Kier alpha value is -1.95. The molecule has 1 heterocycles. The zero-order chi connectivity index (χ0) is 20.1. The fraction of sp³-hybridized carbons (Fsp3) is 0.636. The van der Waals surface area contributed by atoms with Gasteiger partial charge >= 0.3 is 0 Å². The molecule has 5 nitrogen and oxygen atoms in total. The molecule has 154 valence electrons. The highest BCUT2D eigenvalue weighted by molar-refractivity contribution is 5.94. The first-order valence-corrected chi connectivity index (χ1v) is 10.6. The average molecular weight is 390 g/mol. The molecule has 2 fully saturated rings. The number of piperazine rings is 1. The third-order valence-electron chi connectivity index (χ3n) is 6.24. The maximum absolute atomic E-state index is 13.4. The van der Waals surface area contributed by atoms with Crippen molar-refractivity contribution in [3.63, 3.8) is 0 Å². The standard InChI is InChI=1S/C22H32FN3O2/c1-3-24(4-2)22(28)20(17-8-5-6-9-17)25-12-14-26(15-13-25)21(27)18-10-7-11-19(23)16-18/h7,10-11,16-17,20H,3-6,8-9,12-15H2,1-2H3. The monoisotopic (exact) mass is 389 g/mol. The predicted molar refractivity (Wildman–Crippen MR) is 108 cm³/mol. The molecule has 2 aliphatic rings. The van der Waals surface area contributed by atoms with E-state index in [4.69, 9.17) is 0 Å². The van der Waals surface area contributed by atoms with Crippen molar-refractivity contribution in [3.8, 4) is 0 Å². The van der Waals surface area contributed by atoms with Crippen LogP contribution in [0.5, 0.6) is 0 Å². The van der Waals surface area contributed by atoms with Crippen LogP contribution < -0.4 is 0 Å². The van der Waals surface area contributed by atoms with Gasteiger partial charge in [0.15, 0.2) is 0 Å². The molecule has 0 radical (unpaired) electrons. The molecule has 1 aliphatic heterocycles. The molecule has 28 heavy (non-hydrogen) atoms. The molecule has 1 saturated carbocycles. The topological polar surface area (TPSA) is 43.9 Å². The first-order valence-electron chi connectivity index (χ1n) is 10.6. The van der Waals surface area contributed by atoms with Crippen LogP contribution >= 0.6 is 0 Å². The third kappa shape index (κ3) is 4.54. The van der Waals surface area contributed by atoms with E-state index >= 15 is 0 Å². The molecule has 3 rings (SSSR count). The lowest BCUT2D eigenvalue weighted by atomic mass is 9.94. The van der Waals surface area contributed by atoms with E-state index in [1.165, 1.54) is 25.0 Å². The fourth-order valence-electron chi connectivity index (χ4n) is 4.66. The molecule has 1 unspecified atom stereocenters. The largest absolute Gasteiger partial charge is 0.342 e. The summed E-state index contributed by atoms with van der Waals surface area (Å²) >= 11 is 0. The minimum Gasteiger partial charge on any atom is -0.342 e. The van der Waals surface area contributed by atoms with Gasteiger partial charge in [-0.2, -0.15) is 0 Å². The summed E-state index contributed by atoms with van der Waals surface area (Å²) in [4.78, 5) is 31.9. The van der Waals surface area contributed by atoms with Gasteiger partial charge in [0, 0.05) is 44.8 Å². The van der Waals surface area contributed by atoms with Crippen LogP contribution in [0.25, 0.3) is 0 Å². The summed E-state index contributed by atoms with van der Waals surface area (Å²) in [5.74, 6) is 0.127. The van der Waals surface area contributed by atoms with Crippen molar-refractivity contribution in [3.05, 3.63) is 35.6 Å². The van der Waals surface area contributed by atoms with Gasteiger partial charge in [0.05, 0.1) is 6.04 Å². The van der Waals surface area contributed by atoms with Crippen molar-refractivity contribution in [2.75, 3.05) is 39.3 Å². The second-order valence-corrected chi connectivity index (χ2v) is 7.84. The Morgan fingerprint density at radius 3 is 2.32 bits per heavy atom. The number of hydrogen-bond acceptors (Lipinski definition) is 3. The zero-order valence-corrected chi connectivity index (χ0v) is 17.1. The van der Waals surface area contributed by atoms with Gasteiger partial charge in [-0.3, -0.25) is 14.5 Å². The summed E-state index contributed by atoms with van der Waals surface area (Å²) in [6, 6.07) is 5.79. The van der Waals surface area contributed by atoms with Gasteiger partial charge < -0.3 is 9.80 Å². The van der Waals surface area contributed by atoms with E-state index in [2.05, 4.69) is 4.90 Å². The van der Waals surface area contributed by atoms with Gasteiger partial charge in [0.2, 0.25) is 5.91 Å². The van der Waals surface area contributed by atoms with Crippen molar-refractivity contribution >= 4 is 11.8 Å². The predicted octanol–water partition coefficient (Wildman–Crippen LogP) is 3.01. The highest BCUT2D eigenvalue weighted by atomic mass is 19.1. The highest BCUT2D eigenvalue weighted by Gasteiger charge is 2.38. The van der Waals surface area contributed by atoms with Crippen molar-refractivity contribution in [1.29, 1.82) is 0 Å². The smallest absolute Gasteiger partial charge is 0.254 e. The highest BCUT2D eigenvalue weighted by Crippen LogP contribution is 2.32. The van der Waals surface area contributed by atoms with Crippen molar-refractivity contribution in [2.45, 2.75) is 45.6 Å². The molecule has 0 N–H and O–H groups in total. The van der Waals surface area contributed by atoms with E-state index < -0.39 is 5.82 Å². The van der Waals surface area contributed by atoms with E-state index in [1.807, 2.05) is 18.7 Å². The van der Waals surface area contributed by atoms with Crippen LogP contribution in [-0.4, -0.2) is 71.8 Å².